The minimum Gasteiger partial charge on any atom is -0.367 e. The fourth-order valence-corrected chi connectivity index (χ4v) is 2.85. The second-order valence-corrected chi connectivity index (χ2v) is 5.71. The van der Waals surface area contributed by atoms with Crippen molar-refractivity contribution in [3.05, 3.63) is 42.1 Å². The lowest BCUT2D eigenvalue weighted by Crippen LogP contribution is -2.26. The van der Waals surface area contributed by atoms with Crippen molar-refractivity contribution in [3.63, 3.8) is 0 Å². The van der Waals surface area contributed by atoms with E-state index in [1.165, 1.54) is 24.1 Å². The molecule has 0 bridgehead atoms. The van der Waals surface area contributed by atoms with E-state index in [1.807, 2.05) is 12.3 Å². The van der Waals surface area contributed by atoms with Crippen LogP contribution in [-0.2, 0) is 6.42 Å². The first-order chi connectivity index (χ1) is 9.81. The summed E-state index contributed by atoms with van der Waals surface area (Å²) in [6.45, 7) is 2.23. The summed E-state index contributed by atoms with van der Waals surface area (Å²) in [4.78, 5) is 11.4. The van der Waals surface area contributed by atoms with Gasteiger partial charge in [0.1, 0.15) is 5.82 Å². The van der Waals surface area contributed by atoms with Gasteiger partial charge in [0.15, 0.2) is 0 Å². The summed E-state index contributed by atoms with van der Waals surface area (Å²) in [6.07, 6.45) is 5.41. The van der Waals surface area contributed by atoms with E-state index in [9.17, 15) is 0 Å². The smallest absolute Gasteiger partial charge is 0.232 e. The number of hydrogen-bond acceptors (Lipinski definition) is 4. The van der Waals surface area contributed by atoms with Crippen molar-refractivity contribution >= 4 is 17.5 Å². The Bertz CT molecular complexity index is 636. The fourth-order valence-electron chi connectivity index (χ4n) is 2.85. The Morgan fingerprint density at radius 1 is 1.20 bits per heavy atom. The fraction of sp³-hybridized carbons (Fsp3) is 0.375. The Morgan fingerprint density at radius 2 is 2.05 bits per heavy atom. The van der Waals surface area contributed by atoms with Crippen LogP contribution in [0.5, 0.6) is 0 Å². The summed E-state index contributed by atoms with van der Waals surface area (Å²) in [5.74, 6) is 1.74. The molecule has 4 rings (SSSR count). The lowest BCUT2D eigenvalue weighted by Gasteiger charge is -2.22. The zero-order valence-corrected chi connectivity index (χ0v) is 11.6. The molecule has 2 heterocycles. The molecule has 20 heavy (non-hydrogen) atoms. The predicted octanol–water partition coefficient (Wildman–Crippen LogP) is 3.13. The number of rotatable bonds is 3. The third-order valence-corrected chi connectivity index (χ3v) is 3.99. The van der Waals surface area contributed by atoms with E-state index in [-0.39, 0.29) is 0 Å². The minimum atomic E-state index is 0.406. The maximum atomic E-state index is 4.69. The zero-order chi connectivity index (χ0) is 13.5. The van der Waals surface area contributed by atoms with Gasteiger partial charge in [0.25, 0.3) is 0 Å². The Morgan fingerprint density at radius 3 is 2.90 bits per heavy atom. The molecule has 0 radical (unpaired) electrons. The van der Waals surface area contributed by atoms with Gasteiger partial charge in [-0.25, -0.2) is 4.98 Å². The van der Waals surface area contributed by atoms with Crippen LogP contribution in [0.4, 0.5) is 17.5 Å². The number of para-hydroxylation sites is 1. The van der Waals surface area contributed by atoms with Crippen LogP contribution in [-0.4, -0.2) is 22.1 Å². The van der Waals surface area contributed by atoms with Crippen molar-refractivity contribution in [2.24, 2.45) is 0 Å². The van der Waals surface area contributed by atoms with Gasteiger partial charge in [-0.2, -0.15) is 4.98 Å². The van der Waals surface area contributed by atoms with Crippen LogP contribution < -0.4 is 10.2 Å². The molecule has 1 aliphatic carbocycles. The number of nitrogens with one attached hydrogen (secondary N) is 1. The standard InChI is InChI=1S/C16H18N4/c1-11-10-12-4-2-3-5-14(12)20(11)16-17-9-8-15(19-16)18-13-6-7-13/h2-5,8-9,11,13H,6-7,10H2,1H3,(H,17,18,19). The third kappa shape index (κ3) is 2.01. The zero-order valence-electron chi connectivity index (χ0n) is 11.6. The van der Waals surface area contributed by atoms with E-state index in [0.29, 0.717) is 12.1 Å². The molecular weight excluding hydrogens is 248 g/mol. The highest BCUT2D eigenvalue weighted by molar-refractivity contribution is 5.67. The van der Waals surface area contributed by atoms with Gasteiger partial charge in [0, 0.05) is 24.0 Å². The maximum Gasteiger partial charge on any atom is 0.232 e. The van der Waals surface area contributed by atoms with Crippen molar-refractivity contribution < 1.29 is 0 Å². The van der Waals surface area contributed by atoms with E-state index >= 15 is 0 Å². The highest BCUT2D eigenvalue weighted by Gasteiger charge is 2.29. The van der Waals surface area contributed by atoms with Crippen LogP contribution in [0.25, 0.3) is 0 Å². The predicted molar refractivity (Wildman–Crippen MR) is 80.4 cm³/mol. The molecule has 1 aliphatic heterocycles. The molecule has 102 valence electrons. The number of fused-ring (bicyclic) bond motifs is 1. The number of hydrogen-bond donors (Lipinski definition) is 1. The summed E-state index contributed by atoms with van der Waals surface area (Å²) in [7, 11) is 0. The summed E-state index contributed by atoms with van der Waals surface area (Å²) in [5.41, 5.74) is 2.62. The average Bonchev–Trinajstić information content (AvgIpc) is 3.19. The molecule has 1 saturated carbocycles. The van der Waals surface area contributed by atoms with Gasteiger partial charge >= 0.3 is 0 Å². The van der Waals surface area contributed by atoms with E-state index in [2.05, 4.69) is 51.4 Å². The van der Waals surface area contributed by atoms with E-state index in [4.69, 9.17) is 0 Å². The number of nitrogens with zero attached hydrogens (tertiary/aromatic N) is 3. The highest BCUT2D eigenvalue weighted by Crippen LogP contribution is 2.36. The highest BCUT2D eigenvalue weighted by atomic mass is 15.3. The van der Waals surface area contributed by atoms with E-state index in [0.717, 1.165) is 18.2 Å². The Balaban J connectivity index is 1.69. The molecular formula is C16H18N4. The van der Waals surface area contributed by atoms with Crippen molar-refractivity contribution in [3.8, 4) is 0 Å². The normalized spacial score (nSPS) is 20.9. The van der Waals surface area contributed by atoms with Crippen molar-refractivity contribution in [2.75, 3.05) is 10.2 Å². The molecule has 4 nitrogen and oxygen atoms in total. The number of benzene rings is 1. The van der Waals surface area contributed by atoms with Gasteiger partial charge in [-0.05, 0) is 43.9 Å². The van der Waals surface area contributed by atoms with Gasteiger partial charge < -0.3 is 10.2 Å². The van der Waals surface area contributed by atoms with Gasteiger partial charge in [-0.3, -0.25) is 0 Å². The summed E-state index contributed by atoms with van der Waals surface area (Å²) in [6, 6.07) is 11.5. The first-order valence-corrected chi connectivity index (χ1v) is 7.28. The molecule has 0 spiro atoms. The SMILES string of the molecule is CC1Cc2ccccc2N1c1nccc(NC2CC2)n1. The summed E-state index contributed by atoms with van der Waals surface area (Å²) >= 11 is 0. The molecule has 2 aromatic rings. The summed E-state index contributed by atoms with van der Waals surface area (Å²) < 4.78 is 0. The topological polar surface area (TPSA) is 41.1 Å². The molecule has 1 unspecified atom stereocenters. The lowest BCUT2D eigenvalue weighted by molar-refractivity contribution is 0.740. The van der Waals surface area contributed by atoms with E-state index in [1.54, 1.807) is 0 Å². The average molecular weight is 266 g/mol. The van der Waals surface area contributed by atoms with Crippen molar-refractivity contribution in [1.29, 1.82) is 0 Å². The van der Waals surface area contributed by atoms with Gasteiger partial charge in [-0.15, -0.1) is 0 Å². The van der Waals surface area contributed by atoms with Crippen LogP contribution in [0.3, 0.4) is 0 Å². The molecule has 1 fully saturated rings. The Labute approximate surface area is 118 Å². The summed E-state index contributed by atoms with van der Waals surface area (Å²) in [5, 5.41) is 3.44. The van der Waals surface area contributed by atoms with Crippen LogP contribution >= 0.6 is 0 Å². The van der Waals surface area contributed by atoms with Gasteiger partial charge in [0.2, 0.25) is 5.95 Å². The molecule has 4 heteroatoms. The Hall–Kier alpha value is -2.10. The lowest BCUT2D eigenvalue weighted by atomic mass is 10.1. The Kier molecular flexibility index (Phi) is 2.62. The maximum absolute atomic E-state index is 4.69. The quantitative estimate of drug-likeness (QED) is 0.926. The molecule has 0 amide bonds. The number of anilines is 3. The van der Waals surface area contributed by atoms with Crippen molar-refractivity contribution in [2.45, 2.75) is 38.3 Å². The second kappa shape index (κ2) is 4.47. The monoisotopic (exact) mass is 266 g/mol. The molecule has 1 aromatic heterocycles. The molecule has 0 saturated heterocycles. The van der Waals surface area contributed by atoms with Crippen LogP contribution in [0.15, 0.2) is 36.5 Å². The van der Waals surface area contributed by atoms with Crippen LogP contribution in [0, 0.1) is 0 Å². The van der Waals surface area contributed by atoms with Crippen LogP contribution in [0.1, 0.15) is 25.3 Å². The van der Waals surface area contributed by atoms with Gasteiger partial charge in [-0.1, -0.05) is 18.2 Å². The minimum absolute atomic E-state index is 0.406. The second-order valence-electron chi connectivity index (χ2n) is 5.71. The van der Waals surface area contributed by atoms with Crippen LogP contribution in [0.2, 0.25) is 0 Å². The first-order valence-electron chi connectivity index (χ1n) is 7.28. The first kappa shape index (κ1) is 11.7. The molecule has 1 N–H and O–H groups in total. The van der Waals surface area contributed by atoms with Crippen molar-refractivity contribution in [1.82, 2.24) is 9.97 Å². The number of aromatic nitrogens is 2. The molecule has 1 aromatic carbocycles. The third-order valence-electron chi connectivity index (χ3n) is 3.99. The molecule has 2 aliphatic rings. The van der Waals surface area contributed by atoms with E-state index < -0.39 is 0 Å². The molecule has 1 atom stereocenters. The largest absolute Gasteiger partial charge is 0.367 e. The van der Waals surface area contributed by atoms with Gasteiger partial charge in [0.05, 0.1) is 0 Å².